The van der Waals surface area contributed by atoms with Gasteiger partial charge in [0.05, 0.1) is 12.0 Å². The molecule has 2 heterocycles. The monoisotopic (exact) mass is 204 g/mol. The van der Waals surface area contributed by atoms with E-state index >= 15 is 0 Å². The molecule has 1 aromatic heterocycles. The molecule has 0 aromatic carbocycles. The summed E-state index contributed by atoms with van der Waals surface area (Å²) in [5, 5.41) is 12.6. The first-order valence-corrected chi connectivity index (χ1v) is 4.90. The molecular weight excluding hydrogens is 192 g/mol. The first kappa shape index (κ1) is 9.71. The van der Waals surface area contributed by atoms with Gasteiger partial charge in [-0.15, -0.1) is 0 Å². The lowest BCUT2D eigenvalue weighted by molar-refractivity contribution is -0.139. The van der Waals surface area contributed by atoms with Crippen LogP contribution in [0.2, 0.25) is 0 Å². The molecule has 0 bridgehead atoms. The molecule has 0 saturated carbocycles. The Morgan fingerprint density at radius 3 is 2.93 bits per heavy atom. The number of nitrogens with zero attached hydrogens (tertiary/aromatic N) is 4. The van der Waals surface area contributed by atoms with E-state index in [-0.39, 0.29) is 17.9 Å². The van der Waals surface area contributed by atoms with Crippen LogP contribution < -0.4 is 0 Å². The smallest absolute Gasteiger partial charge is 0.247 e. The van der Waals surface area contributed by atoms with Crippen molar-refractivity contribution < 1.29 is 4.79 Å². The molecule has 1 fully saturated rings. The molecule has 78 valence electrons. The van der Waals surface area contributed by atoms with Gasteiger partial charge >= 0.3 is 0 Å². The van der Waals surface area contributed by atoms with E-state index in [1.54, 1.807) is 28.0 Å². The molecule has 0 spiro atoms. The molecule has 0 N–H and O–H groups in total. The zero-order chi connectivity index (χ0) is 10.8. The molecule has 1 aliphatic rings. The minimum atomic E-state index is -0.278. The average molecular weight is 204 g/mol. The number of carbonyl (C=O) groups is 1. The van der Waals surface area contributed by atoms with Crippen molar-refractivity contribution in [3.8, 4) is 6.07 Å². The van der Waals surface area contributed by atoms with Gasteiger partial charge in [-0.3, -0.25) is 9.48 Å². The van der Waals surface area contributed by atoms with Crippen LogP contribution >= 0.6 is 0 Å². The standard InChI is InChI=1S/C10H12N4O/c1-8(14-4-2-3-12-14)10(15)13-6-9(5-11)7-13/h2-4,8-9H,6-7H2,1H3/t8-/m0/s1. The Morgan fingerprint density at radius 1 is 1.67 bits per heavy atom. The van der Waals surface area contributed by atoms with Crippen LogP contribution in [0.1, 0.15) is 13.0 Å². The molecule has 1 aliphatic heterocycles. The van der Waals surface area contributed by atoms with Gasteiger partial charge in [-0.1, -0.05) is 0 Å². The molecule has 1 saturated heterocycles. The van der Waals surface area contributed by atoms with Gasteiger partial charge in [0.15, 0.2) is 0 Å². The molecular formula is C10H12N4O. The van der Waals surface area contributed by atoms with Gasteiger partial charge in [-0.05, 0) is 13.0 Å². The third kappa shape index (κ3) is 1.71. The van der Waals surface area contributed by atoms with Crippen LogP contribution in [-0.2, 0) is 4.79 Å². The van der Waals surface area contributed by atoms with E-state index in [1.165, 1.54) is 0 Å². The fourth-order valence-corrected chi connectivity index (χ4v) is 1.63. The number of hydrogen-bond donors (Lipinski definition) is 0. The summed E-state index contributed by atoms with van der Waals surface area (Å²) in [6, 6.07) is 3.66. The summed E-state index contributed by atoms with van der Waals surface area (Å²) in [5.41, 5.74) is 0. The second kappa shape index (κ2) is 3.73. The summed E-state index contributed by atoms with van der Waals surface area (Å²) in [4.78, 5) is 13.5. The molecule has 0 radical (unpaired) electrons. The second-order valence-corrected chi connectivity index (χ2v) is 3.73. The highest BCUT2D eigenvalue weighted by Gasteiger charge is 2.33. The van der Waals surface area contributed by atoms with Crippen molar-refractivity contribution >= 4 is 5.91 Å². The van der Waals surface area contributed by atoms with Crippen LogP contribution in [0, 0.1) is 17.2 Å². The van der Waals surface area contributed by atoms with E-state index in [1.807, 2.05) is 6.92 Å². The van der Waals surface area contributed by atoms with Gasteiger partial charge in [0, 0.05) is 25.5 Å². The molecule has 2 rings (SSSR count). The Balaban J connectivity index is 1.96. The fourth-order valence-electron chi connectivity index (χ4n) is 1.63. The number of likely N-dealkylation sites (tertiary alicyclic amines) is 1. The summed E-state index contributed by atoms with van der Waals surface area (Å²) >= 11 is 0. The second-order valence-electron chi connectivity index (χ2n) is 3.73. The zero-order valence-corrected chi connectivity index (χ0v) is 8.50. The summed E-state index contributed by atoms with van der Waals surface area (Å²) in [6.45, 7) is 2.93. The molecule has 0 unspecified atom stereocenters. The Labute approximate surface area is 87.9 Å². The highest BCUT2D eigenvalue weighted by molar-refractivity contribution is 5.80. The van der Waals surface area contributed by atoms with E-state index in [9.17, 15) is 4.79 Å². The molecule has 5 nitrogen and oxygen atoms in total. The molecule has 5 heteroatoms. The van der Waals surface area contributed by atoms with Crippen LogP contribution in [-0.4, -0.2) is 33.7 Å². The lowest BCUT2D eigenvalue weighted by Gasteiger charge is -2.36. The van der Waals surface area contributed by atoms with Gasteiger partial charge in [0.1, 0.15) is 6.04 Å². The highest BCUT2D eigenvalue weighted by Crippen LogP contribution is 2.19. The number of nitriles is 1. The lowest BCUT2D eigenvalue weighted by Crippen LogP contribution is -2.51. The van der Waals surface area contributed by atoms with Crippen molar-refractivity contribution in [3.63, 3.8) is 0 Å². The topological polar surface area (TPSA) is 61.9 Å². The maximum Gasteiger partial charge on any atom is 0.247 e. The first-order valence-electron chi connectivity index (χ1n) is 4.90. The van der Waals surface area contributed by atoms with Gasteiger partial charge in [-0.2, -0.15) is 10.4 Å². The maximum absolute atomic E-state index is 11.8. The lowest BCUT2D eigenvalue weighted by atomic mass is 10.0. The quantitative estimate of drug-likeness (QED) is 0.701. The Kier molecular flexibility index (Phi) is 2.42. The molecule has 15 heavy (non-hydrogen) atoms. The van der Waals surface area contributed by atoms with Crippen molar-refractivity contribution in [2.24, 2.45) is 5.92 Å². The highest BCUT2D eigenvalue weighted by atomic mass is 16.2. The first-order chi connectivity index (χ1) is 7.22. The van der Waals surface area contributed by atoms with Gasteiger partial charge in [0.2, 0.25) is 5.91 Å². The van der Waals surface area contributed by atoms with Crippen molar-refractivity contribution in [2.75, 3.05) is 13.1 Å². The Morgan fingerprint density at radius 2 is 2.40 bits per heavy atom. The Hall–Kier alpha value is -1.83. The summed E-state index contributed by atoms with van der Waals surface area (Å²) < 4.78 is 1.63. The third-order valence-electron chi connectivity index (χ3n) is 2.65. The minimum Gasteiger partial charge on any atom is -0.338 e. The van der Waals surface area contributed by atoms with E-state index in [2.05, 4.69) is 11.2 Å². The van der Waals surface area contributed by atoms with Gasteiger partial charge in [0.25, 0.3) is 0 Å². The number of aromatic nitrogens is 2. The number of carbonyl (C=O) groups excluding carboxylic acids is 1. The van der Waals surface area contributed by atoms with E-state index in [0.29, 0.717) is 13.1 Å². The van der Waals surface area contributed by atoms with Crippen LogP contribution in [0.3, 0.4) is 0 Å². The van der Waals surface area contributed by atoms with Crippen molar-refractivity contribution in [3.05, 3.63) is 18.5 Å². The van der Waals surface area contributed by atoms with Crippen LogP contribution in [0.4, 0.5) is 0 Å². The largest absolute Gasteiger partial charge is 0.338 e. The fraction of sp³-hybridized carbons (Fsp3) is 0.500. The predicted octanol–water partition coefficient (Wildman–Crippen LogP) is 0.426. The Bertz CT molecular complexity index is 386. The van der Waals surface area contributed by atoms with Crippen LogP contribution in [0.25, 0.3) is 0 Å². The maximum atomic E-state index is 11.8. The predicted molar refractivity (Wildman–Crippen MR) is 52.6 cm³/mol. The minimum absolute atomic E-state index is 0.0128. The molecule has 1 aromatic rings. The van der Waals surface area contributed by atoms with Crippen molar-refractivity contribution in [2.45, 2.75) is 13.0 Å². The van der Waals surface area contributed by atoms with E-state index in [0.717, 1.165) is 0 Å². The number of rotatable bonds is 2. The summed E-state index contributed by atoms with van der Waals surface area (Å²) in [7, 11) is 0. The van der Waals surface area contributed by atoms with Gasteiger partial charge in [-0.25, -0.2) is 0 Å². The molecule has 1 amide bonds. The van der Waals surface area contributed by atoms with Crippen LogP contribution in [0.15, 0.2) is 18.5 Å². The van der Waals surface area contributed by atoms with Crippen LogP contribution in [0.5, 0.6) is 0 Å². The molecule has 1 atom stereocenters. The normalized spacial score (nSPS) is 18.0. The number of amides is 1. The van der Waals surface area contributed by atoms with Crippen molar-refractivity contribution in [1.82, 2.24) is 14.7 Å². The SMILES string of the molecule is C[C@@H](C(=O)N1CC(C#N)C1)n1cccn1. The van der Waals surface area contributed by atoms with E-state index in [4.69, 9.17) is 5.26 Å². The van der Waals surface area contributed by atoms with Gasteiger partial charge < -0.3 is 4.90 Å². The summed E-state index contributed by atoms with van der Waals surface area (Å²) in [6.07, 6.45) is 3.42. The number of hydrogen-bond acceptors (Lipinski definition) is 3. The average Bonchev–Trinajstić information content (AvgIpc) is 2.67. The third-order valence-corrected chi connectivity index (χ3v) is 2.65. The molecule has 0 aliphatic carbocycles. The van der Waals surface area contributed by atoms with Crippen molar-refractivity contribution in [1.29, 1.82) is 5.26 Å². The summed E-state index contributed by atoms with van der Waals surface area (Å²) in [5.74, 6) is 0.0453. The van der Waals surface area contributed by atoms with E-state index < -0.39 is 0 Å². The zero-order valence-electron chi connectivity index (χ0n) is 8.50.